The first-order valence-corrected chi connectivity index (χ1v) is 5.71. The van der Waals surface area contributed by atoms with Crippen LogP contribution in [0.1, 0.15) is 15.9 Å². The van der Waals surface area contributed by atoms with E-state index in [9.17, 15) is 9.18 Å². The van der Waals surface area contributed by atoms with Crippen LogP contribution in [0.5, 0.6) is 5.75 Å². The highest BCUT2D eigenvalue weighted by atomic mass is 19.1. The molecule has 0 aromatic heterocycles. The van der Waals surface area contributed by atoms with Gasteiger partial charge >= 0.3 is 5.97 Å². The number of carboxylic acid groups (broad SMARTS) is 1. The summed E-state index contributed by atoms with van der Waals surface area (Å²) in [4.78, 5) is 10.9. The number of hydrogen-bond donors (Lipinski definition) is 1. The highest BCUT2D eigenvalue weighted by Crippen LogP contribution is 2.33. The lowest BCUT2D eigenvalue weighted by Gasteiger charge is -2.12. The summed E-state index contributed by atoms with van der Waals surface area (Å²) in [5.41, 5.74) is 2.00. The number of aromatic carboxylic acids is 1. The molecule has 2 aromatic rings. The summed E-state index contributed by atoms with van der Waals surface area (Å²) in [6, 6.07) is 9.31. The second-order valence-electron chi connectivity index (χ2n) is 4.13. The molecule has 2 aromatic carbocycles. The topological polar surface area (TPSA) is 46.5 Å². The third-order valence-corrected chi connectivity index (χ3v) is 3.01. The van der Waals surface area contributed by atoms with Crippen LogP contribution in [0, 0.1) is 12.7 Å². The summed E-state index contributed by atoms with van der Waals surface area (Å²) in [7, 11) is 1.46. The Balaban J connectivity index is 2.62. The van der Waals surface area contributed by atoms with Gasteiger partial charge in [0.15, 0.2) is 0 Å². The van der Waals surface area contributed by atoms with Gasteiger partial charge in [0.2, 0.25) is 0 Å². The maximum atomic E-state index is 13.6. The van der Waals surface area contributed by atoms with Crippen LogP contribution in [0.4, 0.5) is 4.39 Å². The van der Waals surface area contributed by atoms with E-state index in [4.69, 9.17) is 9.84 Å². The van der Waals surface area contributed by atoms with Gasteiger partial charge in [-0.05, 0) is 42.3 Å². The zero-order valence-electron chi connectivity index (χ0n) is 10.6. The Labute approximate surface area is 110 Å². The monoisotopic (exact) mass is 260 g/mol. The van der Waals surface area contributed by atoms with Crippen LogP contribution in [0.15, 0.2) is 36.4 Å². The molecule has 1 N–H and O–H groups in total. The number of ether oxygens (including phenoxy) is 1. The van der Waals surface area contributed by atoms with Crippen molar-refractivity contribution in [1.82, 2.24) is 0 Å². The van der Waals surface area contributed by atoms with Crippen LogP contribution >= 0.6 is 0 Å². The average Bonchev–Trinajstić information content (AvgIpc) is 2.41. The second kappa shape index (κ2) is 5.10. The maximum absolute atomic E-state index is 13.6. The second-order valence-corrected chi connectivity index (χ2v) is 4.13. The Morgan fingerprint density at radius 3 is 2.58 bits per heavy atom. The third kappa shape index (κ3) is 2.42. The van der Waals surface area contributed by atoms with Crippen LogP contribution < -0.4 is 4.74 Å². The van der Waals surface area contributed by atoms with Crippen LogP contribution in [0.3, 0.4) is 0 Å². The number of methoxy groups -OCH3 is 1. The zero-order chi connectivity index (χ0) is 14.0. The number of benzene rings is 2. The summed E-state index contributed by atoms with van der Waals surface area (Å²) in [5, 5.41) is 8.95. The Bertz CT molecular complexity index is 635. The highest BCUT2D eigenvalue weighted by molar-refractivity contribution is 5.90. The average molecular weight is 260 g/mol. The van der Waals surface area contributed by atoms with Crippen molar-refractivity contribution in [2.24, 2.45) is 0 Å². The van der Waals surface area contributed by atoms with Gasteiger partial charge < -0.3 is 9.84 Å². The Morgan fingerprint density at radius 2 is 1.95 bits per heavy atom. The Kier molecular flexibility index (Phi) is 3.51. The van der Waals surface area contributed by atoms with E-state index in [0.29, 0.717) is 22.4 Å². The lowest BCUT2D eigenvalue weighted by molar-refractivity contribution is 0.0696. The van der Waals surface area contributed by atoms with Crippen molar-refractivity contribution in [3.05, 3.63) is 53.3 Å². The molecule has 0 saturated carbocycles. The van der Waals surface area contributed by atoms with E-state index in [0.717, 1.165) is 0 Å². The number of carbonyl (C=O) groups is 1. The van der Waals surface area contributed by atoms with Gasteiger partial charge in [0.1, 0.15) is 11.6 Å². The minimum Gasteiger partial charge on any atom is -0.496 e. The van der Waals surface area contributed by atoms with Gasteiger partial charge in [0.25, 0.3) is 0 Å². The van der Waals surface area contributed by atoms with Gasteiger partial charge in [-0.15, -0.1) is 0 Å². The molecule has 0 amide bonds. The minimum atomic E-state index is -1.03. The number of rotatable bonds is 3. The molecule has 0 spiro atoms. The number of halogens is 1. The minimum absolute atomic E-state index is 0.134. The van der Waals surface area contributed by atoms with Crippen molar-refractivity contribution in [3.63, 3.8) is 0 Å². The van der Waals surface area contributed by atoms with E-state index in [1.54, 1.807) is 25.1 Å². The molecule has 3 nitrogen and oxygen atoms in total. The fourth-order valence-corrected chi connectivity index (χ4v) is 1.95. The first kappa shape index (κ1) is 13.1. The van der Waals surface area contributed by atoms with Crippen LogP contribution in [-0.2, 0) is 0 Å². The molecular weight excluding hydrogens is 247 g/mol. The molecule has 0 saturated heterocycles. The predicted molar refractivity (Wildman–Crippen MR) is 70.1 cm³/mol. The van der Waals surface area contributed by atoms with Crippen LogP contribution in [-0.4, -0.2) is 18.2 Å². The van der Waals surface area contributed by atoms with Crippen molar-refractivity contribution < 1.29 is 19.0 Å². The van der Waals surface area contributed by atoms with Gasteiger partial charge in [0, 0.05) is 5.56 Å². The SMILES string of the molecule is COc1cc(C(=O)O)ccc1-c1cccc(F)c1C. The molecule has 0 fully saturated rings. The van der Waals surface area contributed by atoms with Gasteiger partial charge in [-0.25, -0.2) is 9.18 Å². The van der Waals surface area contributed by atoms with Crippen molar-refractivity contribution in [2.75, 3.05) is 7.11 Å². The van der Waals surface area contributed by atoms with Crippen molar-refractivity contribution in [1.29, 1.82) is 0 Å². The normalized spacial score (nSPS) is 10.3. The van der Waals surface area contributed by atoms with E-state index < -0.39 is 5.97 Å². The lowest BCUT2D eigenvalue weighted by atomic mass is 9.98. The summed E-state index contributed by atoms with van der Waals surface area (Å²) >= 11 is 0. The van der Waals surface area contributed by atoms with Crippen molar-refractivity contribution in [2.45, 2.75) is 6.92 Å². The molecule has 0 bridgehead atoms. The van der Waals surface area contributed by atoms with Gasteiger partial charge in [-0.2, -0.15) is 0 Å². The van der Waals surface area contributed by atoms with Crippen molar-refractivity contribution >= 4 is 5.97 Å². The highest BCUT2D eigenvalue weighted by Gasteiger charge is 2.13. The molecule has 0 aliphatic heterocycles. The van der Waals surface area contributed by atoms with Crippen molar-refractivity contribution in [3.8, 4) is 16.9 Å². The number of carboxylic acids is 1. The van der Waals surface area contributed by atoms with E-state index in [-0.39, 0.29) is 11.4 Å². The first-order valence-electron chi connectivity index (χ1n) is 5.71. The molecule has 2 rings (SSSR count). The molecule has 0 radical (unpaired) electrons. The van der Waals surface area contributed by atoms with Crippen LogP contribution in [0.25, 0.3) is 11.1 Å². The molecule has 0 atom stereocenters. The maximum Gasteiger partial charge on any atom is 0.335 e. The zero-order valence-corrected chi connectivity index (χ0v) is 10.6. The largest absolute Gasteiger partial charge is 0.496 e. The Morgan fingerprint density at radius 1 is 1.21 bits per heavy atom. The van der Waals surface area contributed by atoms with E-state index in [2.05, 4.69) is 0 Å². The predicted octanol–water partition coefficient (Wildman–Crippen LogP) is 3.51. The summed E-state index contributed by atoms with van der Waals surface area (Å²) < 4.78 is 18.8. The standard InChI is InChI=1S/C15H13FO3/c1-9-11(4-3-5-13(9)16)12-7-6-10(15(17)18)8-14(12)19-2/h3-8H,1-2H3,(H,17,18). The molecule has 98 valence electrons. The number of hydrogen-bond acceptors (Lipinski definition) is 2. The summed E-state index contributed by atoms with van der Waals surface area (Å²) in [6.07, 6.45) is 0. The smallest absolute Gasteiger partial charge is 0.335 e. The molecular formula is C15H13FO3. The van der Waals surface area contributed by atoms with E-state index >= 15 is 0 Å². The molecule has 0 unspecified atom stereocenters. The molecule has 19 heavy (non-hydrogen) atoms. The molecule has 0 heterocycles. The van der Waals surface area contributed by atoms with E-state index in [1.807, 2.05) is 0 Å². The Hall–Kier alpha value is -2.36. The molecule has 0 aliphatic rings. The molecule has 4 heteroatoms. The fraction of sp³-hybridized carbons (Fsp3) is 0.133. The third-order valence-electron chi connectivity index (χ3n) is 3.01. The summed E-state index contributed by atoms with van der Waals surface area (Å²) in [5.74, 6) is -0.920. The molecule has 0 aliphatic carbocycles. The first-order chi connectivity index (χ1) is 9.04. The van der Waals surface area contributed by atoms with Gasteiger partial charge in [0.05, 0.1) is 12.7 Å². The van der Waals surface area contributed by atoms with Crippen LogP contribution in [0.2, 0.25) is 0 Å². The van der Waals surface area contributed by atoms with Gasteiger partial charge in [-0.3, -0.25) is 0 Å². The van der Waals surface area contributed by atoms with Gasteiger partial charge in [-0.1, -0.05) is 12.1 Å². The van der Waals surface area contributed by atoms with E-state index in [1.165, 1.54) is 25.3 Å². The lowest BCUT2D eigenvalue weighted by Crippen LogP contribution is -1.98. The fourth-order valence-electron chi connectivity index (χ4n) is 1.95. The quantitative estimate of drug-likeness (QED) is 0.918. The summed E-state index contributed by atoms with van der Waals surface area (Å²) in [6.45, 7) is 1.68.